The number of carbonyl (C=O) groups is 2. The van der Waals surface area contributed by atoms with Gasteiger partial charge >= 0.3 is 0 Å². The van der Waals surface area contributed by atoms with E-state index in [2.05, 4.69) is 5.32 Å². The van der Waals surface area contributed by atoms with Crippen molar-refractivity contribution in [2.75, 3.05) is 50.5 Å². The summed E-state index contributed by atoms with van der Waals surface area (Å²) in [6, 6.07) is 6.64. The first-order chi connectivity index (χ1) is 11.8. The fraction of sp³-hybridized carbons (Fsp3) is 0.500. The Morgan fingerprint density at radius 3 is 2.56 bits per heavy atom. The van der Waals surface area contributed by atoms with Crippen LogP contribution >= 0.6 is 0 Å². The number of amides is 2. The largest absolute Gasteiger partial charge is 0.378 e. The van der Waals surface area contributed by atoms with Gasteiger partial charge in [0.1, 0.15) is 6.54 Å². The number of ether oxygens (including phenoxy) is 1. The summed E-state index contributed by atoms with van der Waals surface area (Å²) in [5.41, 5.74) is 1.04. The molecule has 1 fully saturated rings. The van der Waals surface area contributed by atoms with Gasteiger partial charge in [-0.25, -0.2) is 8.42 Å². The summed E-state index contributed by atoms with van der Waals surface area (Å²) in [6.45, 7) is 1.53. The second kappa shape index (κ2) is 8.30. The second-order valence-electron chi connectivity index (χ2n) is 5.78. The molecule has 8 nitrogen and oxygen atoms in total. The van der Waals surface area contributed by atoms with Crippen LogP contribution in [0, 0.1) is 0 Å². The van der Waals surface area contributed by atoms with Crippen molar-refractivity contribution in [3.8, 4) is 0 Å². The maximum absolute atomic E-state index is 12.4. The molecule has 1 heterocycles. The van der Waals surface area contributed by atoms with E-state index in [9.17, 15) is 18.0 Å². The number of nitrogens with one attached hydrogen (secondary N) is 1. The monoisotopic (exact) mass is 369 g/mol. The molecule has 1 saturated heterocycles. The number of hydrogen-bond donors (Lipinski definition) is 1. The number of rotatable bonds is 6. The molecule has 2 amide bonds. The van der Waals surface area contributed by atoms with E-state index in [4.69, 9.17) is 4.74 Å². The lowest BCUT2D eigenvalue weighted by atomic mass is 10.1. The zero-order chi connectivity index (χ0) is 18.4. The van der Waals surface area contributed by atoms with Crippen LogP contribution in [-0.2, 0) is 30.8 Å². The first-order valence-corrected chi connectivity index (χ1v) is 9.79. The quantitative estimate of drug-likeness (QED) is 0.736. The zero-order valence-electron chi connectivity index (χ0n) is 14.4. The third-order valence-corrected chi connectivity index (χ3v) is 5.03. The molecule has 0 saturated carbocycles. The van der Waals surface area contributed by atoms with Gasteiger partial charge in [0.15, 0.2) is 0 Å². The molecule has 0 aromatic heterocycles. The minimum atomic E-state index is -3.65. The molecule has 0 atom stereocenters. The van der Waals surface area contributed by atoms with E-state index >= 15 is 0 Å². The van der Waals surface area contributed by atoms with E-state index in [1.54, 1.807) is 29.2 Å². The van der Waals surface area contributed by atoms with Crippen molar-refractivity contribution in [3.05, 3.63) is 29.8 Å². The number of sulfonamides is 1. The van der Waals surface area contributed by atoms with E-state index in [-0.39, 0.29) is 24.8 Å². The Morgan fingerprint density at radius 1 is 1.28 bits per heavy atom. The van der Waals surface area contributed by atoms with Crippen LogP contribution in [0.25, 0.3) is 0 Å². The third kappa shape index (κ3) is 5.43. The molecule has 138 valence electrons. The average Bonchev–Trinajstić information content (AvgIpc) is 2.59. The number of hydrogen-bond acceptors (Lipinski definition) is 5. The Hall–Kier alpha value is -2.13. The highest BCUT2D eigenvalue weighted by molar-refractivity contribution is 7.92. The summed E-state index contributed by atoms with van der Waals surface area (Å²) in [7, 11) is -2.11. The molecule has 1 aromatic rings. The maximum atomic E-state index is 12.4. The van der Waals surface area contributed by atoms with Gasteiger partial charge in [-0.3, -0.25) is 13.9 Å². The van der Waals surface area contributed by atoms with Gasteiger partial charge in [0, 0.05) is 20.1 Å². The predicted octanol–water partition coefficient (Wildman–Crippen LogP) is -0.400. The molecular weight excluding hydrogens is 346 g/mol. The summed E-state index contributed by atoms with van der Waals surface area (Å²) >= 11 is 0. The highest BCUT2D eigenvalue weighted by Crippen LogP contribution is 2.20. The Labute approximate surface area is 147 Å². The summed E-state index contributed by atoms with van der Waals surface area (Å²) in [4.78, 5) is 25.6. The number of likely N-dealkylation sites (N-methyl/N-ethyl adjacent to an activating group) is 1. The number of morpholine rings is 1. The van der Waals surface area contributed by atoms with Gasteiger partial charge in [-0.2, -0.15) is 0 Å². The summed E-state index contributed by atoms with van der Waals surface area (Å²) in [5.74, 6) is -0.446. The lowest BCUT2D eigenvalue weighted by molar-refractivity contribution is -0.133. The van der Waals surface area contributed by atoms with Gasteiger partial charge in [0.2, 0.25) is 21.8 Å². The normalized spacial score (nSPS) is 14.9. The molecule has 25 heavy (non-hydrogen) atoms. The molecule has 9 heteroatoms. The van der Waals surface area contributed by atoms with Crippen molar-refractivity contribution in [1.29, 1.82) is 0 Å². The minimum Gasteiger partial charge on any atom is -0.378 e. The van der Waals surface area contributed by atoms with E-state index < -0.39 is 10.0 Å². The average molecular weight is 369 g/mol. The molecule has 0 spiro atoms. The lowest BCUT2D eigenvalue weighted by Crippen LogP contribution is -2.47. The summed E-state index contributed by atoms with van der Waals surface area (Å²) in [5, 5.41) is 2.52. The molecular formula is C16H23N3O5S. The van der Waals surface area contributed by atoms with Crippen LogP contribution in [0.1, 0.15) is 5.56 Å². The molecule has 1 aromatic carbocycles. The first-order valence-electron chi connectivity index (χ1n) is 7.94. The van der Waals surface area contributed by atoms with Crippen molar-refractivity contribution in [2.45, 2.75) is 6.42 Å². The standard InChI is InChI=1S/C16H23N3O5S/c1-17-15(20)11-13-4-3-5-14(10-13)19(25(2,22)23)12-16(21)18-6-8-24-9-7-18/h3-5,10H,6-9,11-12H2,1-2H3,(H,17,20). The molecule has 1 N–H and O–H groups in total. The number of nitrogens with zero attached hydrogens (tertiary/aromatic N) is 2. The zero-order valence-corrected chi connectivity index (χ0v) is 15.2. The van der Waals surface area contributed by atoms with Crippen LogP contribution in [0.3, 0.4) is 0 Å². The molecule has 1 aliphatic heterocycles. The Morgan fingerprint density at radius 2 is 1.96 bits per heavy atom. The van der Waals surface area contributed by atoms with Crippen molar-refractivity contribution in [3.63, 3.8) is 0 Å². The van der Waals surface area contributed by atoms with E-state index in [0.717, 1.165) is 10.6 Å². The predicted molar refractivity (Wildman–Crippen MR) is 93.8 cm³/mol. The summed E-state index contributed by atoms with van der Waals surface area (Å²) in [6.07, 6.45) is 1.20. The van der Waals surface area contributed by atoms with Crippen LogP contribution in [-0.4, -0.2) is 71.3 Å². The van der Waals surface area contributed by atoms with Gasteiger partial charge in [0.05, 0.1) is 31.6 Å². The van der Waals surface area contributed by atoms with Gasteiger partial charge in [-0.05, 0) is 17.7 Å². The van der Waals surface area contributed by atoms with Crippen LogP contribution in [0.2, 0.25) is 0 Å². The van der Waals surface area contributed by atoms with Crippen molar-refractivity contribution < 1.29 is 22.7 Å². The lowest BCUT2D eigenvalue weighted by Gasteiger charge is -2.30. The van der Waals surface area contributed by atoms with Crippen LogP contribution in [0.4, 0.5) is 5.69 Å². The van der Waals surface area contributed by atoms with Gasteiger partial charge in [-0.1, -0.05) is 12.1 Å². The topological polar surface area (TPSA) is 96.0 Å². The molecule has 0 radical (unpaired) electrons. The van der Waals surface area contributed by atoms with E-state index in [1.807, 2.05) is 0 Å². The molecule has 0 aliphatic carbocycles. The van der Waals surface area contributed by atoms with Crippen LogP contribution in [0.5, 0.6) is 0 Å². The molecule has 0 bridgehead atoms. The van der Waals surface area contributed by atoms with Gasteiger partial charge < -0.3 is 15.0 Å². The van der Waals surface area contributed by atoms with Crippen LogP contribution < -0.4 is 9.62 Å². The smallest absolute Gasteiger partial charge is 0.243 e. The number of anilines is 1. The minimum absolute atomic E-state index is 0.138. The fourth-order valence-electron chi connectivity index (χ4n) is 2.53. The first kappa shape index (κ1) is 19.2. The van der Waals surface area contributed by atoms with Crippen LogP contribution in [0.15, 0.2) is 24.3 Å². The Bertz CT molecular complexity index is 729. The summed E-state index contributed by atoms with van der Waals surface area (Å²) < 4.78 is 30.7. The molecule has 2 rings (SSSR count). The maximum Gasteiger partial charge on any atom is 0.243 e. The van der Waals surface area contributed by atoms with Crippen molar-refractivity contribution >= 4 is 27.5 Å². The third-order valence-electron chi connectivity index (χ3n) is 3.89. The molecule has 0 unspecified atom stereocenters. The Balaban J connectivity index is 2.21. The Kier molecular flexibility index (Phi) is 6.38. The second-order valence-corrected chi connectivity index (χ2v) is 7.69. The van der Waals surface area contributed by atoms with Crippen molar-refractivity contribution in [2.24, 2.45) is 0 Å². The highest BCUT2D eigenvalue weighted by Gasteiger charge is 2.25. The highest BCUT2D eigenvalue weighted by atomic mass is 32.2. The van der Waals surface area contributed by atoms with E-state index in [1.165, 1.54) is 7.05 Å². The fourth-order valence-corrected chi connectivity index (χ4v) is 3.37. The van der Waals surface area contributed by atoms with Gasteiger partial charge in [0.25, 0.3) is 0 Å². The number of benzene rings is 1. The SMILES string of the molecule is CNC(=O)Cc1cccc(N(CC(=O)N2CCOCC2)S(C)(=O)=O)c1. The number of carbonyl (C=O) groups excluding carboxylic acids is 2. The molecule has 1 aliphatic rings. The van der Waals surface area contributed by atoms with Gasteiger partial charge in [-0.15, -0.1) is 0 Å². The van der Waals surface area contributed by atoms with Crippen molar-refractivity contribution in [1.82, 2.24) is 10.2 Å². The van der Waals surface area contributed by atoms with E-state index in [0.29, 0.717) is 37.6 Å².